The van der Waals surface area contributed by atoms with Gasteiger partial charge in [-0.2, -0.15) is 0 Å². The van der Waals surface area contributed by atoms with Crippen LogP contribution in [0.1, 0.15) is 29.3 Å². The maximum absolute atomic E-state index is 11.2. The molecule has 0 fully saturated rings. The minimum Gasteiger partial charge on any atom is -0.477 e. The molecule has 104 valence electrons. The Morgan fingerprint density at radius 3 is 2.65 bits per heavy atom. The highest BCUT2D eigenvalue weighted by molar-refractivity contribution is 9.10. The van der Waals surface area contributed by atoms with E-state index in [1.54, 1.807) is 0 Å². The summed E-state index contributed by atoms with van der Waals surface area (Å²) in [4.78, 5) is 15.2. The second-order valence-corrected chi connectivity index (χ2v) is 5.22. The van der Waals surface area contributed by atoms with Gasteiger partial charge in [0, 0.05) is 10.7 Å². The minimum absolute atomic E-state index is 0.0250. The Bertz CT molecular complexity index is 611. The lowest BCUT2D eigenvalue weighted by Crippen LogP contribution is -2.02. The summed E-state index contributed by atoms with van der Waals surface area (Å²) in [5, 5.41) is 9.14. The second-order valence-electron chi connectivity index (χ2n) is 4.31. The molecule has 1 N–H and O–H groups in total. The molecule has 20 heavy (non-hydrogen) atoms. The number of carboxylic acid groups (broad SMARTS) is 1. The number of halogens is 1. The molecule has 1 aromatic carbocycles. The molecule has 0 spiro atoms. The van der Waals surface area contributed by atoms with Crippen molar-refractivity contribution in [1.29, 1.82) is 0 Å². The van der Waals surface area contributed by atoms with Crippen LogP contribution in [0.15, 0.2) is 41.0 Å². The summed E-state index contributed by atoms with van der Waals surface area (Å²) < 4.78 is 6.14. The molecule has 0 amide bonds. The summed E-state index contributed by atoms with van der Waals surface area (Å²) in [6, 6.07) is 9.05. The number of ether oxygens (including phenoxy) is 1. The van der Waals surface area contributed by atoms with E-state index in [9.17, 15) is 4.79 Å². The summed E-state index contributed by atoms with van der Waals surface area (Å²) >= 11 is 3.20. The van der Waals surface area contributed by atoms with Crippen LogP contribution in [0, 0.1) is 0 Å². The topological polar surface area (TPSA) is 59.4 Å². The Labute approximate surface area is 125 Å². The molecule has 0 aliphatic rings. The van der Waals surface area contributed by atoms with Crippen LogP contribution in [-0.4, -0.2) is 16.1 Å². The second kappa shape index (κ2) is 6.52. The largest absolute Gasteiger partial charge is 0.477 e. The Morgan fingerprint density at radius 2 is 2.05 bits per heavy atom. The predicted octanol–water partition coefficient (Wildman–Crippen LogP) is 4.29. The minimum atomic E-state index is -1.07. The molecule has 2 aromatic rings. The van der Waals surface area contributed by atoms with E-state index < -0.39 is 5.97 Å². The SMILES string of the molecule is CCCc1ccc(Oc2ncc(Br)cc2C(=O)O)cc1. The van der Waals surface area contributed by atoms with E-state index in [0.29, 0.717) is 10.2 Å². The molecule has 2 rings (SSSR count). The normalized spacial score (nSPS) is 10.3. The fourth-order valence-electron chi connectivity index (χ4n) is 1.79. The highest BCUT2D eigenvalue weighted by Gasteiger charge is 2.14. The van der Waals surface area contributed by atoms with Crippen molar-refractivity contribution in [3.63, 3.8) is 0 Å². The van der Waals surface area contributed by atoms with E-state index >= 15 is 0 Å². The van der Waals surface area contributed by atoms with Crippen LogP contribution in [0.25, 0.3) is 0 Å². The third-order valence-corrected chi connectivity index (χ3v) is 3.16. The number of aryl methyl sites for hydroxylation is 1. The van der Waals surface area contributed by atoms with E-state index in [1.807, 2.05) is 24.3 Å². The molecular weight excluding hydrogens is 322 g/mol. The van der Waals surface area contributed by atoms with E-state index in [1.165, 1.54) is 17.8 Å². The van der Waals surface area contributed by atoms with Gasteiger partial charge in [0.15, 0.2) is 0 Å². The number of carboxylic acids is 1. The fraction of sp³-hybridized carbons (Fsp3) is 0.200. The summed E-state index contributed by atoms with van der Waals surface area (Å²) in [5.74, 6) is -0.414. The number of aromatic carboxylic acids is 1. The number of pyridine rings is 1. The number of benzene rings is 1. The predicted molar refractivity (Wildman–Crippen MR) is 79.4 cm³/mol. The molecular formula is C15H14BrNO3. The number of aromatic nitrogens is 1. The zero-order valence-corrected chi connectivity index (χ0v) is 12.6. The first kappa shape index (κ1) is 14.5. The van der Waals surface area contributed by atoms with Crippen LogP contribution in [0.5, 0.6) is 11.6 Å². The van der Waals surface area contributed by atoms with Gasteiger partial charge in [0.05, 0.1) is 0 Å². The Hall–Kier alpha value is -1.88. The van der Waals surface area contributed by atoms with Crippen LogP contribution >= 0.6 is 15.9 Å². The summed E-state index contributed by atoms with van der Waals surface area (Å²) in [6.45, 7) is 2.12. The van der Waals surface area contributed by atoms with Crippen molar-refractivity contribution < 1.29 is 14.6 Å². The average Bonchev–Trinajstić information content (AvgIpc) is 2.43. The maximum atomic E-state index is 11.2. The van der Waals surface area contributed by atoms with Crippen LogP contribution in [0.2, 0.25) is 0 Å². The van der Waals surface area contributed by atoms with Crippen molar-refractivity contribution >= 4 is 21.9 Å². The summed E-state index contributed by atoms with van der Waals surface area (Å²) in [5.41, 5.74) is 1.25. The molecule has 4 nitrogen and oxygen atoms in total. The number of hydrogen-bond acceptors (Lipinski definition) is 3. The smallest absolute Gasteiger partial charge is 0.341 e. The van der Waals surface area contributed by atoms with Gasteiger partial charge in [0.25, 0.3) is 0 Å². The quantitative estimate of drug-likeness (QED) is 0.885. The van der Waals surface area contributed by atoms with Crippen molar-refractivity contribution in [2.75, 3.05) is 0 Å². The van der Waals surface area contributed by atoms with Crippen LogP contribution < -0.4 is 4.74 Å². The van der Waals surface area contributed by atoms with Gasteiger partial charge in [-0.05, 0) is 46.1 Å². The number of hydrogen-bond donors (Lipinski definition) is 1. The van der Waals surface area contributed by atoms with Gasteiger partial charge in [-0.1, -0.05) is 25.5 Å². The van der Waals surface area contributed by atoms with Crippen molar-refractivity contribution in [3.05, 3.63) is 52.1 Å². The van der Waals surface area contributed by atoms with Gasteiger partial charge in [-0.25, -0.2) is 9.78 Å². The van der Waals surface area contributed by atoms with Crippen molar-refractivity contribution in [3.8, 4) is 11.6 Å². The standard InChI is InChI=1S/C15H14BrNO3/c1-2-3-10-4-6-12(7-5-10)20-14-13(15(18)19)8-11(16)9-17-14/h4-9H,2-3H2,1H3,(H,18,19). The van der Waals surface area contributed by atoms with E-state index in [-0.39, 0.29) is 11.4 Å². The van der Waals surface area contributed by atoms with Gasteiger partial charge < -0.3 is 9.84 Å². The van der Waals surface area contributed by atoms with Crippen molar-refractivity contribution in [2.45, 2.75) is 19.8 Å². The molecule has 5 heteroatoms. The maximum Gasteiger partial charge on any atom is 0.341 e. The molecule has 0 unspecified atom stereocenters. The first-order valence-corrected chi connectivity index (χ1v) is 7.05. The molecule has 1 heterocycles. The van der Waals surface area contributed by atoms with Crippen LogP contribution in [-0.2, 0) is 6.42 Å². The summed E-state index contributed by atoms with van der Waals surface area (Å²) in [7, 11) is 0. The monoisotopic (exact) mass is 335 g/mol. The molecule has 1 aromatic heterocycles. The van der Waals surface area contributed by atoms with Crippen LogP contribution in [0.3, 0.4) is 0 Å². The van der Waals surface area contributed by atoms with Gasteiger partial charge >= 0.3 is 5.97 Å². The Morgan fingerprint density at radius 1 is 1.35 bits per heavy atom. The zero-order valence-electron chi connectivity index (χ0n) is 11.0. The molecule has 0 saturated carbocycles. The summed E-state index contributed by atoms with van der Waals surface area (Å²) in [6.07, 6.45) is 3.60. The molecule has 0 aliphatic carbocycles. The highest BCUT2D eigenvalue weighted by Crippen LogP contribution is 2.25. The lowest BCUT2D eigenvalue weighted by Gasteiger charge is -2.08. The first-order valence-electron chi connectivity index (χ1n) is 6.25. The zero-order chi connectivity index (χ0) is 14.5. The number of carbonyl (C=O) groups is 1. The fourth-order valence-corrected chi connectivity index (χ4v) is 2.12. The van der Waals surface area contributed by atoms with Crippen molar-refractivity contribution in [2.24, 2.45) is 0 Å². The van der Waals surface area contributed by atoms with Crippen LogP contribution in [0.4, 0.5) is 0 Å². The van der Waals surface area contributed by atoms with Gasteiger partial charge in [-0.15, -0.1) is 0 Å². The molecule has 0 aliphatic heterocycles. The first-order chi connectivity index (χ1) is 9.60. The molecule has 0 radical (unpaired) electrons. The van der Waals surface area contributed by atoms with E-state index in [2.05, 4.69) is 27.8 Å². The van der Waals surface area contributed by atoms with Gasteiger partial charge in [0.1, 0.15) is 11.3 Å². The van der Waals surface area contributed by atoms with Gasteiger partial charge in [0.2, 0.25) is 5.88 Å². The Kier molecular flexibility index (Phi) is 4.74. The number of nitrogens with zero attached hydrogens (tertiary/aromatic N) is 1. The van der Waals surface area contributed by atoms with E-state index in [0.717, 1.165) is 12.8 Å². The third kappa shape index (κ3) is 3.57. The van der Waals surface area contributed by atoms with E-state index in [4.69, 9.17) is 9.84 Å². The molecule has 0 bridgehead atoms. The lowest BCUT2D eigenvalue weighted by molar-refractivity contribution is 0.0693. The lowest BCUT2D eigenvalue weighted by atomic mass is 10.1. The van der Waals surface area contributed by atoms with Gasteiger partial charge in [-0.3, -0.25) is 0 Å². The Balaban J connectivity index is 2.23. The highest BCUT2D eigenvalue weighted by atomic mass is 79.9. The van der Waals surface area contributed by atoms with Crippen molar-refractivity contribution in [1.82, 2.24) is 4.98 Å². The molecule has 0 saturated heterocycles. The number of rotatable bonds is 5. The average molecular weight is 336 g/mol. The third-order valence-electron chi connectivity index (χ3n) is 2.72. The molecule has 0 atom stereocenters.